The van der Waals surface area contributed by atoms with Crippen LogP contribution in [0.2, 0.25) is 0 Å². The molecule has 1 amide bonds. The zero-order valence-corrected chi connectivity index (χ0v) is 15.5. The number of nitrogens with zero attached hydrogens (tertiary/aromatic N) is 2. The molecule has 1 atom stereocenters. The highest BCUT2D eigenvalue weighted by molar-refractivity contribution is 7.08. The van der Waals surface area contributed by atoms with Gasteiger partial charge in [-0.05, 0) is 25.0 Å². The van der Waals surface area contributed by atoms with Crippen molar-refractivity contribution in [3.63, 3.8) is 0 Å². The van der Waals surface area contributed by atoms with Crippen molar-refractivity contribution in [2.75, 3.05) is 18.4 Å². The summed E-state index contributed by atoms with van der Waals surface area (Å²) in [4.78, 5) is 16.9. The normalized spacial score (nSPS) is 19.7. The Morgan fingerprint density at radius 2 is 2.07 bits per heavy atom. The minimum absolute atomic E-state index is 0.0230. The van der Waals surface area contributed by atoms with E-state index in [2.05, 4.69) is 20.0 Å². The molecule has 2 aromatic rings. The Bertz CT molecular complexity index is 937. The monoisotopic (exact) mass is 405 g/mol. The molecular weight excluding hydrogens is 388 g/mol. The molecule has 1 aromatic carbocycles. The average molecular weight is 405 g/mol. The second kappa shape index (κ2) is 7.72. The largest absolute Gasteiger partial charge is 0.475 e. The SMILES string of the molecule is N=C1CCC(c2c(F)cccc2F)N=C1C(=O)Nc1cnsc1OC1CNC1. The predicted molar refractivity (Wildman–Crippen MR) is 102 cm³/mol. The molecule has 0 radical (unpaired) electrons. The molecule has 28 heavy (non-hydrogen) atoms. The van der Waals surface area contributed by atoms with Gasteiger partial charge in [0.15, 0.2) is 0 Å². The Kier molecular flexibility index (Phi) is 5.14. The first-order valence-electron chi connectivity index (χ1n) is 8.76. The van der Waals surface area contributed by atoms with E-state index in [-0.39, 0.29) is 35.9 Å². The standard InChI is InChI=1S/C18H17F2N5O2S/c19-10-2-1-3-11(20)15(10)13-5-4-12(21)16(24-13)17(26)25-14-8-23-28-18(14)27-9-6-22-7-9/h1-3,8-9,13,21-22H,4-7H2,(H,25,26). The van der Waals surface area contributed by atoms with Crippen LogP contribution in [-0.4, -0.2) is 40.9 Å². The van der Waals surface area contributed by atoms with Crippen molar-refractivity contribution in [1.29, 1.82) is 5.41 Å². The van der Waals surface area contributed by atoms with E-state index < -0.39 is 23.6 Å². The minimum atomic E-state index is -0.853. The first-order valence-corrected chi connectivity index (χ1v) is 9.53. The molecule has 1 unspecified atom stereocenters. The van der Waals surface area contributed by atoms with E-state index in [1.54, 1.807) is 0 Å². The van der Waals surface area contributed by atoms with Crippen LogP contribution in [0.4, 0.5) is 14.5 Å². The quantitative estimate of drug-likeness (QED) is 0.712. The Morgan fingerprint density at radius 1 is 1.32 bits per heavy atom. The van der Waals surface area contributed by atoms with E-state index in [0.717, 1.165) is 36.8 Å². The van der Waals surface area contributed by atoms with Gasteiger partial charge in [-0.15, -0.1) is 0 Å². The molecule has 3 heterocycles. The number of hydrogen-bond acceptors (Lipinski definition) is 7. The Hall–Kier alpha value is -2.72. The van der Waals surface area contributed by atoms with Crippen LogP contribution >= 0.6 is 11.5 Å². The maximum atomic E-state index is 14.1. The van der Waals surface area contributed by atoms with Crippen molar-refractivity contribution in [3.8, 4) is 5.06 Å². The molecular formula is C18H17F2N5O2S. The topological polar surface area (TPSA) is 99.5 Å². The molecule has 1 saturated heterocycles. The van der Waals surface area contributed by atoms with Crippen LogP contribution in [0.5, 0.6) is 5.06 Å². The molecule has 3 N–H and O–H groups in total. The van der Waals surface area contributed by atoms with E-state index in [9.17, 15) is 13.6 Å². The second-order valence-electron chi connectivity index (χ2n) is 6.53. The van der Waals surface area contributed by atoms with Gasteiger partial charge < -0.3 is 20.8 Å². The lowest BCUT2D eigenvalue weighted by Crippen LogP contribution is -2.50. The zero-order valence-electron chi connectivity index (χ0n) is 14.7. The molecule has 0 saturated carbocycles. The Labute approximate surface area is 163 Å². The van der Waals surface area contributed by atoms with Crippen molar-refractivity contribution >= 4 is 34.6 Å². The van der Waals surface area contributed by atoms with Gasteiger partial charge in [0.1, 0.15) is 29.1 Å². The molecule has 7 nitrogen and oxygen atoms in total. The summed E-state index contributed by atoms with van der Waals surface area (Å²) in [5, 5.41) is 14.2. The third-order valence-electron chi connectivity index (χ3n) is 4.59. The lowest BCUT2D eigenvalue weighted by molar-refractivity contribution is -0.110. The predicted octanol–water partition coefficient (Wildman–Crippen LogP) is 2.71. The van der Waals surface area contributed by atoms with Gasteiger partial charge in [0.2, 0.25) is 5.06 Å². The fraction of sp³-hybridized carbons (Fsp3) is 0.333. The summed E-state index contributed by atoms with van der Waals surface area (Å²) in [7, 11) is 0. The molecule has 0 bridgehead atoms. The lowest BCUT2D eigenvalue weighted by Gasteiger charge is -2.27. The minimum Gasteiger partial charge on any atom is -0.475 e. The molecule has 146 valence electrons. The van der Waals surface area contributed by atoms with Crippen molar-refractivity contribution in [3.05, 3.63) is 41.6 Å². The van der Waals surface area contributed by atoms with Gasteiger partial charge in [-0.1, -0.05) is 6.07 Å². The highest BCUT2D eigenvalue weighted by Gasteiger charge is 2.30. The van der Waals surface area contributed by atoms with Crippen molar-refractivity contribution < 1.29 is 18.3 Å². The zero-order chi connectivity index (χ0) is 19.7. The molecule has 1 aromatic heterocycles. The Morgan fingerprint density at radius 3 is 2.75 bits per heavy atom. The fourth-order valence-electron chi connectivity index (χ4n) is 3.01. The third-order valence-corrected chi connectivity index (χ3v) is 5.28. The van der Waals surface area contributed by atoms with E-state index in [4.69, 9.17) is 10.1 Å². The van der Waals surface area contributed by atoms with Crippen LogP contribution < -0.4 is 15.4 Å². The fourth-order valence-corrected chi connectivity index (χ4v) is 3.64. The number of anilines is 1. The molecule has 10 heteroatoms. The highest BCUT2D eigenvalue weighted by atomic mass is 32.1. The molecule has 0 aliphatic carbocycles. The number of ether oxygens (including phenoxy) is 1. The van der Waals surface area contributed by atoms with Crippen molar-refractivity contribution in [2.45, 2.75) is 25.0 Å². The second-order valence-corrected chi connectivity index (χ2v) is 7.29. The van der Waals surface area contributed by atoms with Gasteiger partial charge in [0.25, 0.3) is 5.91 Å². The number of halogens is 2. The third kappa shape index (κ3) is 3.65. The van der Waals surface area contributed by atoms with E-state index >= 15 is 0 Å². The van der Waals surface area contributed by atoms with Crippen LogP contribution in [0, 0.1) is 17.0 Å². The first-order chi connectivity index (χ1) is 13.5. The van der Waals surface area contributed by atoms with E-state index in [1.807, 2.05) is 0 Å². The summed E-state index contributed by atoms with van der Waals surface area (Å²) in [6, 6.07) is 2.74. The van der Waals surface area contributed by atoms with Gasteiger partial charge in [-0.3, -0.25) is 9.79 Å². The molecule has 2 aliphatic heterocycles. The number of amides is 1. The smallest absolute Gasteiger partial charge is 0.275 e. The first kappa shape index (κ1) is 18.6. The van der Waals surface area contributed by atoms with Crippen molar-refractivity contribution in [2.24, 2.45) is 4.99 Å². The van der Waals surface area contributed by atoms with Crippen LogP contribution in [0.25, 0.3) is 0 Å². The van der Waals surface area contributed by atoms with Crippen molar-refractivity contribution in [1.82, 2.24) is 9.69 Å². The van der Waals surface area contributed by atoms with E-state index in [0.29, 0.717) is 10.8 Å². The van der Waals surface area contributed by atoms with Crippen LogP contribution in [-0.2, 0) is 4.79 Å². The maximum Gasteiger partial charge on any atom is 0.275 e. The number of carbonyl (C=O) groups is 1. The summed E-state index contributed by atoms with van der Waals surface area (Å²) >= 11 is 1.11. The number of aromatic nitrogens is 1. The number of carbonyl (C=O) groups excluding carboxylic acids is 1. The number of hydrogen-bond donors (Lipinski definition) is 3. The molecule has 0 spiro atoms. The van der Waals surface area contributed by atoms with Gasteiger partial charge in [-0.25, -0.2) is 8.78 Å². The summed E-state index contributed by atoms with van der Waals surface area (Å²) in [5.41, 5.74) is 0.0938. The van der Waals surface area contributed by atoms with Gasteiger partial charge in [-0.2, -0.15) is 4.37 Å². The lowest BCUT2D eigenvalue weighted by atomic mass is 9.94. The van der Waals surface area contributed by atoms with Crippen LogP contribution in [0.3, 0.4) is 0 Å². The number of nitrogens with one attached hydrogen (secondary N) is 3. The molecule has 4 rings (SSSR count). The van der Waals surface area contributed by atoms with Gasteiger partial charge in [0, 0.05) is 30.2 Å². The van der Waals surface area contributed by atoms with Crippen LogP contribution in [0.1, 0.15) is 24.4 Å². The molecule has 2 aliphatic rings. The summed E-state index contributed by atoms with van der Waals surface area (Å²) in [6.07, 6.45) is 1.94. The summed E-state index contributed by atoms with van der Waals surface area (Å²) in [6.45, 7) is 1.44. The van der Waals surface area contributed by atoms with Gasteiger partial charge >= 0.3 is 0 Å². The number of benzene rings is 1. The summed E-state index contributed by atoms with van der Waals surface area (Å²) in [5.74, 6) is -2.05. The van der Waals surface area contributed by atoms with Gasteiger partial charge in [0.05, 0.1) is 18.0 Å². The molecule has 1 fully saturated rings. The van der Waals surface area contributed by atoms with E-state index in [1.165, 1.54) is 12.3 Å². The number of rotatable bonds is 5. The Balaban J connectivity index is 1.55. The van der Waals surface area contributed by atoms with Crippen LogP contribution in [0.15, 0.2) is 29.4 Å². The average Bonchev–Trinajstić information content (AvgIpc) is 3.06. The number of aliphatic imine (C=N–C) groups is 1. The maximum absolute atomic E-state index is 14.1. The summed E-state index contributed by atoms with van der Waals surface area (Å²) < 4.78 is 37.9. The highest BCUT2D eigenvalue weighted by Crippen LogP contribution is 2.33.